The van der Waals surface area contributed by atoms with Crippen LogP contribution in [-0.4, -0.2) is 58.0 Å². The van der Waals surface area contributed by atoms with Crippen LogP contribution in [0, 0.1) is 17.8 Å². The Kier molecular flexibility index (Phi) is 9.72. The van der Waals surface area contributed by atoms with E-state index in [2.05, 4.69) is 13.0 Å². The van der Waals surface area contributed by atoms with Crippen LogP contribution in [0.25, 0.3) is 0 Å². The Bertz CT molecular complexity index is 671. The summed E-state index contributed by atoms with van der Waals surface area (Å²) < 4.78 is 5.44. The number of carbonyl (C=O) groups excluding carboxylic acids is 1. The van der Waals surface area contributed by atoms with Gasteiger partial charge in [0, 0.05) is 0 Å². The van der Waals surface area contributed by atoms with Crippen molar-refractivity contribution in [2.24, 2.45) is 17.8 Å². The number of fused-ring (bicyclic) bond motifs is 2. The molecule has 1 aromatic rings. The quantitative estimate of drug-likeness (QED) is 0.451. The number of rotatable bonds is 10. The first-order chi connectivity index (χ1) is 13.5. The molecule has 0 saturated heterocycles. The fourth-order valence-electron chi connectivity index (χ4n) is 5.24. The predicted molar refractivity (Wildman–Crippen MR) is 112 cm³/mol. The fraction of sp³-hybridized carbons (Fsp3) is 0.696. The van der Waals surface area contributed by atoms with E-state index in [4.69, 9.17) is 4.74 Å². The van der Waals surface area contributed by atoms with Crippen molar-refractivity contribution in [3.05, 3.63) is 29.3 Å². The van der Waals surface area contributed by atoms with Gasteiger partial charge in [0.05, 0.1) is 18.2 Å². The van der Waals surface area contributed by atoms with Gasteiger partial charge < -0.3 is 26.3 Å². The van der Waals surface area contributed by atoms with E-state index in [1.807, 2.05) is 12.1 Å². The number of aliphatic hydroxyl groups is 2. The Hall–Kier alpha value is -0.824. The number of aliphatic carboxylic acids is 1. The van der Waals surface area contributed by atoms with Gasteiger partial charge in [0.15, 0.2) is 0 Å². The molecule has 1 saturated carbocycles. The van der Waals surface area contributed by atoms with Gasteiger partial charge in [-0.05, 0) is 73.5 Å². The maximum atomic E-state index is 10.7. The Labute approximate surface area is 191 Å². The average Bonchev–Trinajstić information content (AvgIpc) is 2.97. The molecule has 0 heterocycles. The van der Waals surface area contributed by atoms with Gasteiger partial charge in [0.25, 0.3) is 0 Å². The van der Waals surface area contributed by atoms with Crippen molar-refractivity contribution in [1.82, 2.24) is 0 Å². The molecule has 0 spiro atoms. The number of benzene rings is 1. The molecule has 3 rings (SSSR count). The second-order valence-electron chi connectivity index (χ2n) is 8.58. The van der Waals surface area contributed by atoms with Crippen LogP contribution in [0.5, 0.6) is 5.75 Å². The molecule has 6 heteroatoms. The van der Waals surface area contributed by atoms with Crippen molar-refractivity contribution in [2.75, 3.05) is 6.61 Å². The summed E-state index contributed by atoms with van der Waals surface area (Å²) in [7, 11) is 0. The molecular formula is C23H34MgO5. The minimum Gasteiger partial charge on any atom is -1.00 e. The first kappa shape index (κ1) is 24.4. The molecule has 0 aromatic heterocycles. The summed E-state index contributed by atoms with van der Waals surface area (Å²) >= 11 is 0. The predicted octanol–water partition coefficient (Wildman–Crippen LogP) is 1.98. The molecule has 0 amide bonds. The number of hydrogen-bond acceptors (Lipinski definition) is 5. The smallest absolute Gasteiger partial charge is 1.00 e. The monoisotopic (exact) mass is 414 g/mol. The molecule has 0 aliphatic heterocycles. The van der Waals surface area contributed by atoms with Crippen LogP contribution in [0.1, 0.15) is 64.4 Å². The summed E-state index contributed by atoms with van der Waals surface area (Å²) in [6.45, 7) is 1.73. The van der Waals surface area contributed by atoms with Crippen molar-refractivity contribution >= 4 is 29.0 Å². The largest absolute Gasteiger partial charge is 2.00 e. The Morgan fingerprint density at radius 1 is 1.31 bits per heavy atom. The van der Waals surface area contributed by atoms with E-state index in [0.717, 1.165) is 63.4 Å². The standard InChI is InChI=1S/C23H34O5.Mg.H/c1-2-3-4-7-17(24)9-10-18-19-11-15-6-5-8-22(28-14-23(26)27)20(15)12-16(19)13-21(18)25;;/h5-6,8,16-19,21,24-25H,2-4,7,9-14H2,1H3,(H,26,27);;/q;+2;-1/p-1/t16-,17-,18+,19-,21+;;/m0../s1. The molecule has 2 aliphatic rings. The Balaban J connectivity index is 0.00000225. The van der Waals surface area contributed by atoms with Crippen molar-refractivity contribution in [1.29, 1.82) is 0 Å². The maximum Gasteiger partial charge on any atom is 2.00 e. The normalized spacial score (nSPS) is 26.2. The van der Waals surface area contributed by atoms with E-state index in [1.54, 1.807) is 0 Å². The molecule has 29 heavy (non-hydrogen) atoms. The zero-order valence-electron chi connectivity index (χ0n) is 18.5. The van der Waals surface area contributed by atoms with Crippen molar-refractivity contribution in [2.45, 2.75) is 76.9 Å². The SMILES string of the molecule is CCCCC[C@H](O)CC[C@@H]1[C@H]2Cc3cccc(OCC(=O)[O-])c3C[C@H]2C[C@H]1O.[H-].[Mg+2]. The molecule has 0 bridgehead atoms. The average molecular weight is 415 g/mol. The number of carboxylic acid groups (broad SMARTS) is 1. The van der Waals surface area contributed by atoms with Gasteiger partial charge in [-0.2, -0.15) is 0 Å². The molecule has 5 nitrogen and oxygen atoms in total. The zero-order valence-corrected chi connectivity index (χ0v) is 18.9. The zero-order chi connectivity index (χ0) is 20.1. The van der Waals surface area contributed by atoms with Crippen molar-refractivity contribution < 1.29 is 26.3 Å². The van der Waals surface area contributed by atoms with E-state index in [-0.39, 0.29) is 42.6 Å². The summed E-state index contributed by atoms with van der Waals surface area (Å²) in [5.74, 6) is 0.440. The summed E-state index contributed by atoms with van der Waals surface area (Å²) in [6.07, 6.45) is 7.76. The molecule has 1 aromatic carbocycles. The molecule has 0 radical (unpaired) electrons. The van der Waals surface area contributed by atoms with Gasteiger partial charge in [0.2, 0.25) is 0 Å². The fourth-order valence-corrected chi connectivity index (χ4v) is 5.24. The van der Waals surface area contributed by atoms with Crippen molar-refractivity contribution in [3.8, 4) is 5.75 Å². The van der Waals surface area contributed by atoms with Gasteiger partial charge in [-0.25, -0.2) is 0 Å². The van der Waals surface area contributed by atoms with Gasteiger partial charge in [-0.3, -0.25) is 0 Å². The summed E-state index contributed by atoms with van der Waals surface area (Å²) in [5, 5.41) is 31.7. The van der Waals surface area contributed by atoms with Crippen LogP contribution in [-0.2, 0) is 17.6 Å². The first-order valence-electron chi connectivity index (χ1n) is 10.8. The van der Waals surface area contributed by atoms with E-state index in [0.29, 0.717) is 17.6 Å². The number of carboxylic acids is 1. The van der Waals surface area contributed by atoms with Crippen LogP contribution < -0.4 is 9.84 Å². The Morgan fingerprint density at radius 3 is 2.83 bits per heavy atom. The first-order valence-corrected chi connectivity index (χ1v) is 10.8. The number of unbranched alkanes of at least 4 members (excludes halogenated alkanes) is 2. The molecule has 2 aliphatic carbocycles. The van der Waals surface area contributed by atoms with E-state index in [9.17, 15) is 20.1 Å². The topological polar surface area (TPSA) is 89.8 Å². The minimum atomic E-state index is -1.22. The summed E-state index contributed by atoms with van der Waals surface area (Å²) in [6, 6.07) is 5.80. The van der Waals surface area contributed by atoms with Gasteiger partial charge in [0.1, 0.15) is 12.4 Å². The molecular weight excluding hydrogens is 381 g/mol. The second-order valence-corrected chi connectivity index (χ2v) is 8.58. The number of carbonyl (C=O) groups is 1. The second kappa shape index (κ2) is 11.5. The third-order valence-electron chi connectivity index (χ3n) is 6.67. The Morgan fingerprint density at radius 2 is 2.10 bits per heavy atom. The molecule has 5 atom stereocenters. The third kappa shape index (κ3) is 6.33. The molecule has 0 unspecified atom stereocenters. The number of hydrogen-bond donors (Lipinski definition) is 2. The van der Waals surface area contributed by atoms with Crippen LogP contribution in [0.2, 0.25) is 0 Å². The summed E-state index contributed by atoms with van der Waals surface area (Å²) in [5.41, 5.74) is 2.28. The van der Waals surface area contributed by atoms with Gasteiger partial charge in [-0.15, -0.1) is 0 Å². The summed E-state index contributed by atoms with van der Waals surface area (Å²) in [4.78, 5) is 10.7. The van der Waals surface area contributed by atoms with Gasteiger partial charge >= 0.3 is 23.1 Å². The van der Waals surface area contributed by atoms with Gasteiger partial charge in [-0.1, -0.05) is 38.3 Å². The van der Waals surface area contributed by atoms with E-state index < -0.39 is 12.6 Å². The van der Waals surface area contributed by atoms with E-state index in [1.165, 1.54) is 5.56 Å². The number of aliphatic hydroxyl groups excluding tert-OH is 2. The van der Waals surface area contributed by atoms with E-state index >= 15 is 0 Å². The van der Waals surface area contributed by atoms with Crippen LogP contribution in [0.3, 0.4) is 0 Å². The maximum absolute atomic E-state index is 10.7. The molecule has 2 N–H and O–H groups in total. The molecule has 158 valence electrons. The van der Waals surface area contributed by atoms with Crippen LogP contribution in [0.15, 0.2) is 18.2 Å². The molecule has 1 fully saturated rings. The van der Waals surface area contributed by atoms with Crippen molar-refractivity contribution in [3.63, 3.8) is 0 Å². The number of ether oxygens (including phenoxy) is 1. The van der Waals surface area contributed by atoms with Crippen LogP contribution in [0.4, 0.5) is 0 Å². The van der Waals surface area contributed by atoms with Crippen LogP contribution >= 0.6 is 0 Å². The third-order valence-corrected chi connectivity index (χ3v) is 6.67. The minimum absolute atomic E-state index is 0.